The molecule has 3 rings (SSSR count). The molecule has 1 fully saturated rings. The Morgan fingerprint density at radius 3 is 3.14 bits per heavy atom. The van der Waals surface area contributed by atoms with Crippen molar-refractivity contribution in [1.29, 1.82) is 0 Å². The lowest BCUT2D eigenvalue weighted by Crippen LogP contribution is -2.37. The molecule has 1 saturated heterocycles. The number of carbonyl (C=O) groups excluding carboxylic acids is 1. The molecule has 1 aliphatic heterocycles. The van der Waals surface area contributed by atoms with Crippen molar-refractivity contribution in [2.75, 3.05) is 25.1 Å². The minimum atomic E-state index is -0.112. The van der Waals surface area contributed by atoms with Crippen LogP contribution in [-0.2, 0) is 0 Å². The number of carbonyl (C=O) groups is 1. The van der Waals surface area contributed by atoms with Crippen molar-refractivity contribution in [2.45, 2.75) is 12.5 Å². The summed E-state index contributed by atoms with van der Waals surface area (Å²) in [5.41, 5.74) is 1.49. The van der Waals surface area contributed by atoms with Crippen molar-refractivity contribution in [3.63, 3.8) is 0 Å². The zero-order chi connectivity index (χ0) is 15.5. The number of methoxy groups -OCH3 is 1. The summed E-state index contributed by atoms with van der Waals surface area (Å²) in [6, 6.07) is 5.64. The first-order valence-electron chi connectivity index (χ1n) is 7.05. The van der Waals surface area contributed by atoms with Crippen LogP contribution in [0.1, 0.15) is 16.8 Å². The summed E-state index contributed by atoms with van der Waals surface area (Å²) in [5.74, 6) is 0.671. The van der Waals surface area contributed by atoms with Gasteiger partial charge in [0.2, 0.25) is 0 Å². The Morgan fingerprint density at radius 2 is 2.41 bits per heavy atom. The second kappa shape index (κ2) is 6.27. The summed E-state index contributed by atoms with van der Waals surface area (Å²) in [5, 5.41) is 10.1. The number of aromatic amines is 1. The van der Waals surface area contributed by atoms with Crippen LogP contribution < -0.4 is 15.0 Å². The molecule has 6 nitrogen and oxygen atoms in total. The first-order chi connectivity index (χ1) is 10.7. The van der Waals surface area contributed by atoms with Crippen molar-refractivity contribution in [1.82, 2.24) is 15.5 Å². The van der Waals surface area contributed by atoms with Crippen LogP contribution in [0.2, 0.25) is 5.02 Å². The third kappa shape index (κ3) is 3.01. The molecule has 0 unspecified atom stereocenters. The van der Waals surface area contributed by atoms with E-state index in [2.05, 4.69) is 20.4 Å². The largest absolute Gasteiger partial charge is 0.495 e. The van der Waals surface area contributed by atoms with Gasteiger partial charge in [-0.1, -0.05) is 11.6 Å². The maximum atomic E-state index is 12.0. The van der Waals surface area contributed by atoms with Crippen LogP contribution in [0, 0.1) is 0 Å². The van der Waals surface area contributed by atoms with Gasteiger partial charge in [0.05, 0.1) is 24.6 Å². The van der Waals surface area contributed by atoms with Crippen LogP contribution in [-0.4, -0.2) is 42.3 Å². The molecule has 2 heterocycles. The SMILES string of the molecule is COc1ccc(Cl)cc1N1CC[C@@H](NC(=O)c2cn[nH]c2)C1. The minimum Gasteiger partial charge on any atom is -0.495 e. The number of anilines is 1. The lowest BCUT2D eigenvalue weighted by Gasteiger charge is -2.21. The van der Waals surface area contributed by atoms with Gasteiger partial charge in [-0.2, -0.15) is 5.10 Å². The van der Waals surface area contributed by atoms with Crippen molar-refractivity contribution >= 4 is 23.2 Å². The van der Waals surface area contributed by atoms with Crippen molar-refractivity contribution in [3.05, 3.63) is 41.2 Å². The van der Waals surface area contributed by atoms with E-state index in [1.165, 1.54) is 6.20 Å². The summed E-state index contributed by atoms with van der Waals surface area (Å²) < 4.78 is 5.39. The van der Waals surface area contributed by atoms with Crippen LogP contribution >= 0.6 is 11.6 Å². The number of rotatable bonds is 4. The third-order valence-corrected chi connectivity index (χ3v) is 4.00. The van der Waals surface area contributed by atoms with Crippen LogP contribution in [0.25, 0.3) is 0 Å². The molecular weight excluding hydrogens is 304 g/mol. The molecular formula is C15H17ClN4O2. The molecule has 0 saturated carbocycles. The van der Waals surface area contributed by atoms with Crippen LogP contribution in [0.15, 0.2) is 30.6 Å². The maximum absolute atomic E-state index is 12.0. The van der Waals surface area contributed by atoms with Gasteiger partial charge < -0.3 is 15.0 Å². The zero-order valence-electron chi connectivity index (χ0n) is 12.2. The zero-order valence-corrected chi connectivity index (χ0v) is 12.9. The number of ether oxygens (including phenoxy) is 1. The van der Waals surface area contributed by atoms with Gasteiger partial charge in [0, 0.05) is 30.4 Å². The number of nitrogens with zero attached hydrogens (tertiary/aromatic N) is 2. The van der Waals surface area contributed by atoms with Crippen LogP contribution in [0.5, 0.6) is 5.75 Å². The molecule has 2 aromatic rings. The molecule has 22 heavy (non-hydrogen) atoms. The highest BCUT2D eigenvalue weighted by atomic mass is 35.5. The highest BCUT2D eigenvalue weighted by molar-refractivity contribution is 6.30. The number of halogens is 1. The van der Waals surface area contributed by atoms with E-state index in [0.717, 1.165) is 30.9 Å². The quantitative estimate of drug-likeness (QED) is 0.905. The predicted octanol–water partition coefficient (Wildman–Crippen LogP) is 2.08. The minimum absolute atomic E-state index is 0.0890. The van der Waals surface area contributed by atoms with Crippen LogP contribution in [0.4, 0.5) is 5.69 Å². The van der Waals surface area contributed by atoms with E-state index in [4.69, 9.17) is 16.3 Å². The Hall–Kier alpha value is -2.21. The first kappa shape index (κ1) is 14.7. The summed E-state index contributed by atoms with van der Waals surface area (Å²) in [6.07, 6.45) is 3.98. The standard InChI is InChI=1S/C15H17ClN4O2/c1-22-14-3-2-11(16)6-13(14)20-5-4-12(9-20)19-15(21)10-7-17-18-8-10/h2-3,6-8,12H,4-5,9H2,1H3,(H,17,18)(H,19,21)/t12-/m1/s1. The lowest BCUT2D eigenvalue weighted by molar-refractivity contribution is 0.0940. The van der Waals surface area contributed by atoms with E-state index in [9.17, 15) is 4.79 Å². The Balaban J connectivity index is 1.67. The fraction of sp³-hybridized carbons (Fsp3) is 0.333. The van der Waals surface area contributed by atoms with Crippen molar-refractivity contribution < 1.29 is 9.53 Å². The fourth-order valence-corrected chi connectivity index (χ4v) is 2.82. The Labute approximate surface area is 133 Å². The highest BCUT2D eigenvalue weighted by Gasteiger charge is 2.26. The number of benzene rings is 1. The molecule has 1 aliphatic rings. The number of amides is 1. The van der Waals surface area contributed by atoms with E-state index in [0.29, 0.717) is 10.6 Å². The predicted molar refractivity (Wildman–Crippen MR) is 84.7 cm³/mol. The molecule has 2 N–H and O–H groups in total. The van der Waals surface area contributed by atoms with E-state index in [1.54, 1.807) is 19.4 Å². The maximum Gasteiger partial charge on any atom is 0.254 e. The Morgan fingerprint density at radius 1 is 1.55 bits per heavy atom. The Bertz CT molecular complexity index is 660. The normalized spacial score (nSPS) is 17.5. The van der Waals surface area contributed by atoms with Gasteiger partial charge in [0.1, 0.15) is 5.75 Å². The average Bonchev–Trinajstić information content (AvgIpc) is 3.18. The monoisotopic (exact) mass is 320 g/mol. The highest BCUT2D eigenvalue weighted by Crippen LogP contribution is 2.33. The number of hydrogen-bond donors (Lipinski definition) is 2. The summed E-state index contributed by atoms with van der Waals surface area (Å²) in [6.45, 7) is 1.56. The molecule has 1 atom stereocenters. The Kier molecular flexibility index (Phi) is 4.20. The molecule has 7 heteroatoms. The van der Waals surface area contributed by atoms with E-state index in [1.807, 2.05) is 12.1 Å². The lowest BCUT2D eigenvalue weighted by atomic mass is 10.2. The molecule has 1 aromatic heterocycles. The second-order valence-electron chi connectivity index (χ2n) is 5.21. The second-order valence-corrected chi connectivity index (χ2v) is 5.64. The number of H-pyrrole nitrogens is 1. The molecule has 1 amide bonds. The molecule has 0 radical (unpaired) electrons. The van der Waals surface area contributed by atoms with E-state index < -0.39 is 0 Å². The first-order valence-corrected chi connectivity index (χ1v) is 7.43. The van der Waals surface area contributed by atoms with Gasteiger partial charge in [-0.15, -0.1) is 0 Å². The van der Waals surface area contributed by atoms with Gasteiger partial charge in [0.25, 0.3) is 5.91 Å². The topological polar surface area (TPSA) is 70.2 Å². The molecule has 1 aromatic carbocycles. The molecule has 116 valence electrons. The summed E-state index contributed by atoms with van der Waals surface area (Å²) in [4.78, 5) is 14.2. The van der Waals surface area contributed by atoms with Gasteiger partial charge >= 0.3 is 0 Å². The molecule has 0 spiro atoms. The van der Waals surface area contributed by atoms with E-state index >= 15 is 0 Å². The average molecular weight is 321 g/mol. The van der Waals surface area contributed by atoms with Gasteiger partial charge in [-0.3, -0.25) is 9.89 Å². The van der Waals surface area contributed by atoms with Gasteiger partial charge in [-0.05, 0) is 24.6 Å². The smallest absolute Gasteiger partial charge is 0.254 e. The van der Waals surface area contributed by atoms with E-state index in [-0.39, 0.29) is 11.9 Å². The number of nitrogens with one attached hydrogen (secondary N) is 2. The van der Waals surface area contributed by atoms with Gasteiger partial charge in [-0.25, -0.2) is 0 Å². The molecule has 0 bridgehead atoms. The molecule has 0 aliphatic carbocycles. The van der Waals surface area contributed by atoms with Crippen molar-refractivity contribution in [3.8, 4) is 5.75 Å². The summed E-state index contributed by atoms with van der Waals surface area (Å²) >= 11 is 6.08. The van der Waals surface area contributed by atoms with Gasteiger partial charge in [0.15, 0.2) is 0 Å². The van der Waals surface area contributed by atoms with Crippen LogP contribution in [0.3, 0.4) is 0 Å². The number of aromatic nitrogens is 2. The fourth-order valence-electron chi connectivity index (χ4n) is 2.65. The third-order valence-electron chi connectivity index (χ3n) is 3.77. The number of hydrogen-bond acceptors (Lipinski definition) is 4. The summed E-state index contributed by atoms with van der Waals surface area (Å²) in [7, 11) is 1.64. The van der Waals surface area contributed by atoms with Crippen molar-refractivity contribution in [2.24, 2.45) is 0 Å².